The Kier molecular flexibility index (Phi) is 12.8. The van der Waals surface area contributed by atoms with Crippen molar-refractivity contribution >= 4 is 39.4 Å². The van der Waals surface area contributed by atoms with E-state index in [1.165, 1.54) is 101 Å². The lowest BCUT2D eigenvalue weighted by Gasteiger charge is -2.18. The Balaban J connectivity index is 1.90. The number of hydrogen-bond donors (Lipinski definition) is 4. The quantitative estimate of drug-likeness (QED) is 0.106. The number of phosphoric acid groups is 2. The van der Waals surface area contributed by atoms with Gasteiger partial charge in [-0.25, -0.2) is 18.7 Å². The van der Waals surface area contributed by atoms with Gasteiger partial charge in [-0.1, -0.05) is 24.3 Å². The van der Waals surface area contributed by atoms with Gasteiger partial charge in [0, 0.05) is 33.9 Å². The van der Waals surface area contributed by atoms with Gasteiger partial charge in [0.25, 0.3) is 11.8 Å². The molecule has 3 aromatic carbocycles. The average Bonchev–Trinajstić information content (AvgIpc) is 3.41. The van der Waals surface area contributed by atoms with Crippen LogP contribution in [0.25, 0.3) is 5.69 Å². The Labute approximate surface area is 302 Å². The smallest absolute Gasteiger partial charge is 0.469 e. The topological polar surface area (TPSA) is 241 Å². The maximum atomic E-state index is 14.0. The molecule has 0 unspecified atom stereocenters. The number of hydrogen-bond acceptors (Lipinski definition) is 11. The zero-order valence-electron chi connectivity index (χ0n) is 28.9. The highest BCUT2D eigenvalue weighted by Gasteiger charge is 2.38. The third-order valence-corrected chi connectivity index (χ3v) is 8.13. The molecular formula is C33H35N3O15P2. The van der Waals surface area contributed by atoms with Gasteiger partial charge in [0.05, 0.1) is 31.5 Å². The number of aromatic nitrogens is 1. The van der Waals surface area contributed by atoms with Gasteiger partial charge < -0.3 is 43.6 Å². The van der Waals surface area contributed by atoms with Crippen molar-refractivity contribution in [2.75, 3.05) is 35.3 Å². The molecule has 0 aliphatic heterocycles. The number of amides is 2. The molecule has 0 radical (unpaired) electrons. The summed E-state index contributed by atoms with van der Waals surface area (Å²) < 4.78 is 49.2. The largest absolute Gasteiger partial charge is 0.497 e. The molecule has 0 saturated carbocycles. The van der Waals surface area contributed by atoms with Gasteiger partial charge in [0.1, 0.15) is 5.75 Å². The Morgan fingerprint density at radius 1 is 0.604 bits per heavy atom. The molecule has 20 heteroatoms. The highest BCUT2D eigenvalue weighted by atomic mass is 31.2. The van der Waals surface area contributed by atoms with E-state index in [1.54, 1.807) is 12.1 Å². The summed E-state index contributed by atoms with van der Waals surface area (Å²) >= 11 is 0. The molecule has 18 nitrogen and oxygen atoms in total. The molecule has 0 fully saturated rings. The Morgan fingerprint density at radius 3 is 1.26 bits per heavy atom. The van der Waals surface area contributed by atoms with Gasteiger partial charge >= 0.3 is 27.6 Å². The molecule has 4 rings (SSSR count). The van der Waals surface area contributed by atoms with Crippen LogP contribution in [0.4, 0.5) is 0 Å². The molecule has 0 atom stereocenters. The number of ether oxygens (including phenoxy) is 3. The lowest BCUT2D eigenvalue weighted by molar-refractivity contribution is 0.0672. The average molecular weight is 776 g/mol. The summed E-state index contributed by atoms with van der Waals surface area (Å²) in [4.78, 5) is 93.6. The fraction of sp³-hybridized carbons (Fsp3) is 0.212. The van der Waals surface area contributed by atoms with E-state index in [0.717, 1.165) is 9.80 Å². The summed E-state index contributed by atoms with van der Waals surface area (Å²) in [6, 6.07) is 16.6. The molecule has 0 aliphatic rings. The number of phosphoric ester groups is 2. The van der Waals surface area contributed by atoms with Crippen molar-refractivity contribution in [1.82, 2.24) is 14.4 Å². The summed E-state index contributed by atoms with van der Waals surface area (Å²) in [5.41, 5.74) is -0.146. The SMILES string of the molecule is COc1ccc(-n2c(C(=O)N(C)C)c(OC(=O)c3ccc(COP(=O)(O)O)cc3)c(OC(=O)c3ccc(COP(=O)(O)O)cc3)c2C(=O)N(C)C)cc1. The summed E-state index contributed by atoms with van der Waals surface area (Å²) in [6.45, 7) is -0.945. The van der Waals surface area contributed by atoms with Crippen molar-refractivity contribution in [3.63, 3.8) is 0 Å². The fourth-order valence-electron chi connectivity index (χ4n) is 4.61. The molecular weight excluding hydrogens is 740 g/mol. The van der Waals surface area contributed by atoms with E-state index in [-0.39, 0.29) is 28.2 Å². The molecule has 1 heterocycles. The van der Waals surface area contributed by atoms with Crippen LogP contribution in [0.1, 0.15) is 52.8 Å². The predicted molar refractivity (Wildman–Crippen MR) is 185 cm³/mol. The van der Waals surface area contributed by atoms with E-state index in [9.17, 15) is 28.3 Å². The number of carbonyl (C=O) groups excluding carboxylic acids is 4. The van der Waals surface area contributed by atoms with Crippen molar-refractivity contribution in [3.8, 4) is 22.9 Å². The van der Waals surface area contributed by atoms with E-state index >= 15 is 0 Å². The lowest BCUT2D eigenvalue weighted by atomic mass is 10.1. The van der Waals surface area contributed by atoms with Gasteiger partial charge in [-0.05, 0) is 59.7 Å². The molecule has 282 valence electrons. The van der Waals surface area contributed by atoms with Gasteiger partial charge in [-0.3, -0.25) is 23.2 Å². The third-order valence-electron chi connectivity index (χ3n) is 7.20. The molecule has 0 bridgehead atoms. The first kappa shape index (κ1) is 40.6. The molecule has 53 heavy (non-hydrogen) atoms. The highest BCUT2D eigenvalue weighted by molar-refractivity contribution is 7.46. The highest BCUT2D eigenvalue weighted by Crippen LogP contribution is 2.43. The van der Waals surface area contributed by atoms with Crippen molar-refractivity contribution in [3.05, 3.63) is 106 Å². The van der Waals surface area contributed by atoms with Crippen LogP contribution in [0.15, 0.2) is 72.8 Å². The van der Waals surface area contributed by atoms with E-state index in [1.807, 2.05) is 0 Å². The van der Waals surface area contributed by atoms with Crippen molar-refractivity contribution < 1.29 is 71.1 Å². The third kappa shape index (κ3) is 10.5. The molecule has 0 aliphatic carbocycles. The fourth-order valence-corrected chi connectivity index (χ4v) is 5.25. The number of benzene rings is 3. The van der Waals surface area contributed by atoms with Gasteiger partial charge in [-0.2, -0.15) is 0 Å². The lowest BCUT2D eigenvalue weighted by Crippen LogP contribution is -2.28. The minimum Gasteiger partial charge on any atom is -0.497 e. The van der Waals surface area contributed by atoms with Crippen molar-refractivity contribution in [1.29, 1.82) is 0 Å². The standard InChI is InChI=1S/C33H35N3O15P2/c1-34(2)30(37)26-28(50-32(39)22-10-6-20(7-11-22)18-48-52(41,42)43)29(51-33(40)23-12-8-21(9-13-23)19-49-53(44,45)46)27(31(38)35(3)4)36(26)24-14-16-25(47-5)17-15-24/h6-17H,18-19H2,1-5H3,(H2,41,42,43)(H2,44,45,46). The van der Waals surface area contributed by atoms with Crippen LogP contribution in [0.3, 0.4) is 0 Å². The number of carbonyl (C=O) groups is 4. The van der Waals surface area contributed by atoms with Crippen LogP contribution < -0.4 is 14.2 Å². The summed E-state index contributed by atoms with van der Waals surface area (Å²) in [7, 11) is -2.46. The maximum absolute atomic E-state index is 14.0. The second kappa shape index (κ2) is 16.7. The molecule has 4 aromatic rings. The van der Waals surface area contributed by atoms with Gasteiger partial charge in [0.2, 0.25) is 11.5 Å². The monoisotopic (exact) mass is 775 g/mol. The van der Waals surface area contributed by atoms with Crippen molar-refractivity contribution in [2.45, 2.75) is 13.2 Å². The molecule has 2 amide bonds. The molecule has 4 N–H and O–H groups in total. The Morgan fingerprint density at radius 2 is 0.962 bits per heavy atom. The zero-order chi connectivity index (χ0) is 39.2. The second-order valence-corrected chi connectivity index (χ2v) is 14.0. The first-order valence-electron chi connectivity index (χ1n) is 15.2. The van der Waals surface area contributed by atoms with E-state index in [2.05, 4.69) is 9.05 Å². The van der Waals surface area contributed by atoms with Gasteiger partial charge in [-0.15, -0.1) is 0 Å². The maximum Gasteiger partial charge on any atom is 0.469 e. The molecule has 0 saturated heterocycles. The van der Waals surface area contributed by atoms with Crippen LogP contribution in [0.2, 0.25) is 0 Å². The first-order chi connectivity index (χ1) is 24.8. The first-order valence-corrected chi connectivity index (χ1v) is 18.2. The van der Waals surface area contributed by atoms with E-state index < -0.39 is 64.1 Å². The Hall–Kier alpha value is -5.16. The number of methoxy groups -OCH3 is 1. The van der Waals surface area contributed by atoms with Crippen LogP contribution in [-0.2, 0) is 31.4 Å². The zero-order valence-corrected chi connectivity index (χ0v) is 30.6. The Bertz CT molecular complexity index is 1960. The van der Waals surface area contributed by atoms with Crippen LogP contribution in [-0.4, -0.2) is 93.0 Å². The van der Waals surface area contributed by atoms with E-state index in [4.69, 9.17) is 33.8 Å². The number of rotatable bonds is 14. The molecule has 0 spiro atoms. The minimum absolute atomic E-state index is 0.101. The minimum atomic E-state index is -4.77. The van der Waals surface area contributed by atoms with Crippen LogP contribution >= 0.6 is 15.6 Å². The second-order valence-electron chi connectivity index (χ2n) is 11.5. The predicted octanol–water partition coefficient (Wildman–Crippen LogP) is 3.55. The summed E-state index contributed by atoms with van der Waals surface area (Å²) in [5.74, 6) is -4.42. The summed E-state index contributed by atoms with van der Waals surface area (Å²) in [5, 5.41) is 0. The van der Waals surface area contributed by atoms with E-state index in [0.29, 0.717) is 16.9 Å². The van der Waals surface area contributed by atoms with Gasteiger partial charge in [0.15, 0.2) is 11.4 Å². The van der Waals surface area contributed by atoms with Crippen LogP contribution in [0.5, 0.6) is 17.2 Å². The van der Waals surface area contributed by atoms with Crippen molar-refractivity contribution in [2.24, 2.45) is 0 Å². The normalized spacial score (nSPS) is 11.5. The molecule has 1 aromatic heterocycles. The number of nitrogens with zero attached hydrogens (tertiary/aromatic N) is 3. The van der Waals surface area contributed by atoms with Crippen LogP contribution in [0, 0.1) is 0 Å². The summed E-state index contributed by atoms with van der Waals surface area (Å²) in [6.07, 6.45) is 0. The number of esters is 2.